The summed E-state index contributed by atoms with van der Waals surface area (Å²) in [6.45, 7) is 5.23. The second-order valence-electron chi connectivity index (χ2n) is 2.84. The van der Waals surface area contributed by atoms with Crippen LogP contribution in [0, 0.1) is 18.6 Å². The molecule has 1 aromatic heterocycles. The molecule has 5 heteroatoms. The van der Waals surface area contributed by atoms with Crippen molar-refractivity contribution in [2.45, 2.75) is 20.8 Å². The van der Waals surface area contributed by atoms with Crippen molar-refractivity contribution < 1.29 is 18.3 Å². The van der Waals surface area contributed by atoms with Crippen LogP contribution >= 0.6 is 0 Å². The fraction of sp³-hybridized carbons (Fsp3) is 0.500. The van der Waals surface area contributed by atoms with E-state index in [9.17, 15) is 8.78 Å². The lowest BCUT2D eigenvalue weighted by Crippen LogP contribution is -2.06. The highest BCUT2D eigenvalue weighted by molar-refractivity contribution is 5.31. The van der Waals surface area contributed by atoms with Crippen LogP contribution in [0.25, 0.3) is 0 Å². The normalized spacial score (nSPS) is 10.2. The maximum atomic E-state index is 13.4. The third kappa shape index (κ3) is 2.34. The van der Waals surface area contributed by atoms with Crippen molar-refractivity contribution in [2.24, 2.45) is 0 Å². The third-order valence-corrected chi connectivity index (χ3v) is 1.80. The molecule has 0 amide bonds. The molecule has 0 aliphatic rings. The van der Waals surface area contributed by atoms with E-state index in [2.05, 4.69) is 4.98 Å². The van der Waals surface area contributed by atoms with Gasteiger partial charge in [0.2, 0.25) is 0 Å². The van der Waals surface area contributed by atoms with Gasteiger partial charge < -0.3 is 9.47 Å². The van der Waals surface area contributed by atoms with Crippen molar-refractivity contribution >= 4 is 0 Å². The Bertz CT molecular complexity index is 326. The van der Waals surface area contributed by atoms with Crippen LogP contribution in [0.15, 0.2) is 0 Å². The van der Waals surface area contributed by atoms with Gasteiger partial charge in [0.1, 0.15) is 0 Å². The zero-order chi connectivity index (χ0) is 11.4. The van der Waals surface area contributed by atoms with Crippen LogP contribution in [0.1, 0.15) is 19.4 Å². The first-order valence-corrected chi connectivity index (χ1v) is 4.72. The van der Waals surface area contributed by atoms with E-state index in [1.54, 1.807) is 13.8 Å². The number of ether oxygens (including phenoxy) is 2. The maximum absolute atomic E-state index is 13.4. The van der Waals surface area contributed by atoms with Gasteiger partial charge in [-0.15, -0.1) is 0 Å². The summed E-state index contributed by atoms with van der Waals surface area (Å²) >= 11 is 0. The van der Waals surface area contributed by atoms with Gasteiger partial charge in [-0.3, -0.25) is 0 Å². The van der Waals surface area contributed by atoms with Crippen molar-refractivity contribution in [2.75, 3.05) is 13.2 Å². The molecule has 0 aliphatic carbocycles. The third-order valence-electron chi connectivity index (χ3n) is 1.80. The second kappa shape index (κ2) is 4.91. The molecular weight excluding hydrogens is 204 g/mol. The Morgan fingerprint density at radius 1 is 1.00 bits per heavy atom. The van der Waals surface area contributed by atoms with E-state index in [0.717, 1.165) is 0 Å². The van der Waals surface area contributed by atoms with E-state index in [1.165, 1.54) is 6.92 Å². The number of halogens is 2. The minimum Gasteiger partial charge on any atom is -0.476 e. The molecule has 15 heavy (non-hydrogen) atoms. The molecular formula is C10H13F2NO2. The van der Waals surface area contributed by atoms with Crippen molar-refractivity contribution in [3.63, 3.8) is 0 Å². The molecule has 0 radical (unpaired) electrons. The zero-order valence-electron chi connectivity index (χ0n) is 8.93. The molecule has 0 aromatic carbocycles. The summed E-state index contributed by atoms with van der Waals surface area (Å²) in [5, 5.41) is 0. The molecule has 3 nitrogen and oxygen atoms in total. The van der Waals surface area contributed by atoms with Crippen molar-refractivity contribution in [3.8, 4) is 11.8 Å². The summed E-state index contributed by atoms with van der Waals surface area (Å²) in [5.41, 5.74) is -0.142. The van der Waals surface area contributed by atoms with Crippen molar-refractivity contribution in [3.05, 3.63) is 17.2 Å². The van der Waals surface area contributed by atoms with Gasteiger partial charge in [-0.05, 0) is 20.8 Å². The second-order valence-corrected chi connectivity index (χ2v) is 2.84. The summed E-state index contributed by atoms with van der Waals surface area (Å²) < 4.78 is 36.6. The summed E-state index contributed by atoms with van der Waals surface area (Å²) in [6, 6.07) is 0. The van der Waals surface area contributed by atoms with Crippen molar-refractivity contribution in [1.29, 1.82) is 0 Å². The first kappa shape index (κ1) is 11.7. The smallest absolute Gasteiger partial charge is 0.254 e. The van der Waals surface area contributed by atoms with Crippen LogP contribution in [0.4, 0.5) is 8.78 Å². The fourth-order valence-electron chi connectivity index (χ4n) is 1.07. The lowest BCUT2D eigenvalue weighted by molar-refractivity contribution is 0.272. The molecule has 0 N–H and O–H groups in total. The number of hydrogen-bond acceptors (Lipinski definition) is 3. The number of aromatic nitrogens is 1. The largest absolute Gasteiger partial charge is 0.476 e. The molecule has 0 unspecified atom stereocenters. The van der Waals surface area contributed by atoms with E-state index < -0.39 is 11.6 Å². The Morgan fingerprint density at radius 3 is 1.73 bits per heavy atom. The van der Waals surface area contributed by atoms with Crippen LogP contribution in [0.5, 0.6) is 11.8 Å². The highest BCUT2D eigenvalue weighted by atomic mass is 19.1. The number of nitrogens with zero attached hydrogens (tertiary/aromatic N) is 1. The number of hydrogen-bond donors (Lipinski definition) is 0. The first-order chi connectivity index (χ1) is 7.11. The Labute approximate surface area is 87.0 Å². The van der Waals surface area contributed by atoms with Crippen LogP contribution in [0.2, 0.25) is 0 Å². The molecule has 1 heterocycles. The van der Waals surface area contributed by atoms with Gasteiger partial charge in [0.15, 0.2) is 11.6 Å². The zero-order valence-corrected chi connectivity index (χ0v) is 8.93. The number of pyridine rings is 1. The van der Waals surface area contributed by atoms with Gasteiger partial charge >= 0.3 is 0 Å². The minimum atomic E-state index is -0.780. The van der Waals surface area contributed by atoms with Crippen LogP contribution in [-0.4, -0.2) is 18.2 Å². The van der Waals surface area contributed by atoms with Crippen LogP contribution in [0.3, 0.4) is 0 Å². The summed E-state index contributed by atoms with van der Waals surface area (Å²) in [6.07, 6.45) is 0. The van der Waals surface area contributed by atoms with Gasteiger partial charge in [0, 0.05) is 5.56 Å². The van der Waals surface area contributed by atoms with Crippen molar-refractivity contribution in [1.82, 2.24) is 4.98 Å². The molecule has 1 aromatic rings. The predicted molar refractivity (Wildman–Crippen MR) is 51.2 cm³/mol. The maximum Gasteiger partial charge on any atom is 0.254 e. The van der Waals surface area contributed by atoms with E-state index >= 15 is 0 Å². The van der Waals surface area contributed by atoms with E-state index in [-0.39, 0.29) is 30.5 Å². The summed E-state index contributed by atoms with van der Waals surface area (Å²) in [5.74, 6) is -2.00. The molecule has 0 fully saturated rings. The van der Waals surface area contributed by atoms with E-state index in [1.807, 2.05) is 0 Å². The predicted octanol–water partition coefficient (Wildman–Crippen LogP) is 2.47. The molecule has 0 saturated heterocycles. The van der Waals surface area contributed by atoms with Gasteiger partial charge in [0.05, 0.1) is 13.2 Å². The molecule has 0 bridgehead atoms. The van der Waals surface area contributed by atoms with E-state index in [4.69, 9.17) is 9.47 Å². The molecule has 0 spiro atoms. The van der Waals surface area contributed by atoms with Gasteiger partial charge in [-0.25, -0.2) is 8.78 Å². The highest BCUT2D eigenvalue weighted by Crippen LogP contribution is 2.26. The van der Waals surface area contributed by atoms with Gasteiger partial charge in [0.25, 0.3) is 11.8 Å². The van der Waals surface area contributed by atoms with Crippen LogP contribution < -0.4 is 9.47 Å². The SMILES string of the molecule is CCOc1nc(OCC)c(F)c(C)c1F. The standard InChI is InChI=1S/C10H13F2NO2/c1-4-14-9-7(11)6(3)8(12)10(13-9)15-5-2/h4-5H2,1-3H3. The Morgan fingerprint density at radius 2 is 1.40 bits per heavy atom. The lowest BCUT2D eigenvalue weighted by Gasteiger charge is -2.10. The quantitative estimate of drug-likeness (QED) is 0.776. The molecule has 0 aliphatic heterocycles. The van der Waals surface area contributed by atoms with Gasteiger partial charge in [-0.1, -0.05) is 0 Å². The molecule has 0 saturated carbocycles. The first-order valence-electron chi connectivity index (χ1n) is 4.72. The summed E-state index contributed by atoms with van der Waals surface area (Å²) in [4.78, 5) is 3.62. The van der Waals surface area contributed by atoms with E-state index in [0.29, 0.717) is 0 Å². The fourth-order valence-corrected chi connectivity index (χ4v) is 1.07. The Kier molecular flexibility index (Phi) is 3.82. The Balaban J connectivity index is 3.19. The lowest BCUT2D eigenvalue weighted by atomic mass is 10.2. The molecule has 84 valence electrons. The monoisotopic (exact) mass is 217 g/mol. The number of rotatable bonds is 4. The Hall–Kier alpha value is -1.39. The minimum absolute atomic E-state index is 0.142. The summed E-state index contributed by atoms with van der Waals surface area (Å²) in [7, 11) is 0. The average molecular weight is 217 g/mol. The van der Waals surface area contributed by atoms with Crippen LogP contribution in [-0.2, 0) is 0 Å². The molecule has 1 rings (SSSR count). The topological polar surface area (TPSA) is 31.4 Å². The highest BCUT2D eigenvalue weighted by Gasteiger charge is 2.18. The van der Waals surface area contributed by atoms with Gasteiger partial charge in [-0.2, -0.15) is 4.98 Å². The molecule has 0 atom stereocenters. The average Bonchev–Trinajstić information content (AvgIpc) is 2.22.